The number of urea groups is 1. The van der Waals surface area contributed by atoms with Crippen LogP contribution in [0.25, 0.3) is 10.2 Å². The SMILES string of the molecule is Cc1nc2ccc(NC(=O)NNc3ccccc3)cc2s1. The molecule has 0 aliphatic rings. The summed E-state index contributed by atoms with van der Waals surface area (Å²) in [6.45, 7) is 1.97. The average molecular weight is 298 g/mol. The van der Waals surface area contributed by atoms with Crippen molar-refractivity contribution in [2.45, 2.75) is 6.92 Å². The molecule has 0 aliphatic heterocycles. The minimum absolute atomic E-state index is 0.320. The van der Waals surface area contributed by atoms with Gasteiger partial charge in [0, 0.05) is 5.69 Å². The highest BCUT2D eigenvalue weighted by molar-refractivity contribution is 7.18. The first-order chi connectivity index (χ1) is 10.2. The Morgan fingerprint density at radius 3 is 2.71 bits per heavy atom. The van der Waals surface area contributed by atoms with Gasteiger partial charge in [0.15, 0.2) is 0 Å². The smallest absolute Gasteiger partial charge is 0.307 e. The lowest BCUT2D eigenvalue weighted by molar-refractivity contribution is 0.254. The monoisotopic (exact) mass is 298 g/mol. The molecule has 0 fully saturated rings. The zero-order valence-corrected chi connectivity index (χ0v) is 12.2. The molecule has 2 amide bonds. The topological polar surface area (TPSA) is 66.0 Å². The lowest BCUT2D eigenvalue weighted by Gasteiger charge is -2.09. The summed E-state index contributed by atoms with van der Waals surface area (Å²) < 4.78 is 1.06. The Bertz CT molecular complexity index is 770. The molecule has 21 heavy (non-hydrogen) atoms. The van der Waals surface area contributed by atoms with E-state index in [1.54, 1.807) is 11.3 Å². The molecule has 3 aromatic rings. The predicted octanol–water partition coefficient (Wildman–Crippen LogP) is 3.75. The van der Waals surface area contributed by atoms with Crippen molar-refractivity contribution < 1.29 is 4.79 Å². The minimum atomic E-state index is -0.320. The van der Waals surface area contributed by atoms with Gasteiger partial charge in [0.2, 0.25) is 0 Å². The van der Waals surface area contributed by atoms with Crippen LogP contribution in [0.15, 0.2) is 48.5 Å². The van der Waals surface area contributed by atoms with Gasteiger partial charge in [-0.15, -0.1) is 11.3 Å². The van der Waals surface area contributed by atoms with E-state index in [1.807, 2.05) is 55.5 Å². The minimum Gasteiger partial charge on any atom is -0.307 e. The third-order valence-corrected chi connectivity index (χ3v) is 3.78. The van der Waals surface area contributed by atoms with Gasteiger partial charge in [-0.2, -0.15) is 0 Å². The van der Waals surface area contributed by atoms with Gasteiger partial charge in [-0.25, -0.2) is 9.78 Å². The van der Waals surface area contributed by atoms with Gasteiger partial charge in [0.05, 0.1) is 20.9 Å². The maximum atomic E-state index is 11.8. The number of anilines is 2. The maximum absolute atomic E-state index is 11.8. The van der Waals surface area contributed by atoms with Crippen LogP contribution >= 0.6 is 11.3 Å². The summed E-state index contributed by atoms with van der Waals surface area (Å²) >= 11 is 1.61. The van der Waals surface area contributed by atoms with Crippen molar-refractivity contribution in [2.75, 3.05) is 10.7 Å². The van der Waals surface area contributed by atoms with Gasteiger partial charge < -0.3 is 5.32 Å². The van der Waals surface area contributed by atoms with Crippen LogP contribution in [0.2, 0.25) is 0 Å². The largest absolute Gasteiger partial charge is 0.337 e. The summed E-state index contributed by atoms with van der Waals surface area (Å²) in [5, 5.41) is 3.79. The number of carbonyl (C=O) groups is 1. The highest BCUT2D eigenvalue weighted by atomic mass is 32.1. The van der Waals surface area contributed by atoms with E-state index >= 15 is 0 Å². The number of benzene rings is 2. The third kappa shape index (κ3) is 3.29. The highest BCUT2D eigenvalue weighted by Crippen LogP contribution is 2.24. The molecule has 3 rings (SSSR count). The molecule has 0 saturated carbocycles. The van der Waals surface area contributed by atoms with Crippen LogP contribution in [0.4, 0.5) is 16.2 Å². The number of aryl methyl sites for hydroxylation is 1. The van der Waals surface area contributed by atoms with Gasteiger partial charge in [-0.3, -0.25) is 10.9 Å². The second-order valence-electron chi connectivity index (χ2n) is 4.49. The van der Waals surface area contributed by atoms with Crippen molar-refractivity contribution in [1.29, 1.82) is 0 Å². The van der Waals surface area contributed by atoms with Gasteiger partial charge >= 0.3 is 6.03 Å². The van der Waals surface area contributed by atoms with E-state index in [9.17, 15) is 4.79 Å². The number of hydrazine groups is 1. The molecule has 0 spiro atoms. The number of carbonyl (C=O) groups excluding carboxylic acids is 1. The Labute approximate surface area is 126 Å². The quantitative estimate of drug-likeness (QED) is 0.645. The number of aromatic nitrogens is 1. The Hall–Kier alpha value is -2.60. The van der Waals surface area contributed by atoms with E-state index in [2.05, 4.69) is 21.2 Å². The number of rotatable bonds is 3. The standard InChI is InChI=1S/C15H14N4OS/c1-10-16-13-8-7-12(9-14(13)21-10)17-15(20)19-18-11-5-3-2-4-6-11/h2-9,18H,1H3,(H2,17,19,20). The molecule has 0 unspecified atom stereocenters. The van der Waals surface area contributed by atoms with E-state index in [1.165, 1.54) is 0 Å². The van der Waals surface area contributed by atoms with Crippen LogP contribution in [0.3, 0.4) is 0 Å². The number of nitrogens with one attached hydrogen (secondary N) is 3. The lowest BCUT2D eigenvalue weighted by atomic mass is 10.3. The number of hydrogen-bond donors (Lipinski definition) is 3. The van der Waals surface area contributed by atoms with Gasteiger partial charge in [0.1, 0.15) is 0 Å². The number of para-hydroxylation sites is 1. The first-order valence-electron chi connectivity index (χ1n) is 6.46. The Morgan fingerprint density at radius 1 is 1.10 bits per heavy atom. The van der Waals surface area contributed by atoms with E-state index in [0.29, 0.717) is 0 Å². The van der Waals surface area contributed by atoms with E-state index in [-0.39, 0.29) is 6.03 Å². The Morgan fingerprint density at radius 2 is 1.90 bits per heavy atom. The maximum Gasteiger partial charge on any atom is 0.337 e. The number of amides is 2. The second-order valence-corrected chi connectivity index (χ2v) is 5.72. The van der Waals surface area contributed by atoms with Crippen LogP contribution < -0.4 is 16.2 Å². The molecule has 0 atom stereocenters. The zero-order valence-electron chi connectivity index (χ0n) is 11.4. The molecule has 1 aromatic heterocycles. The number of thiazole rings is 1. The fourth-order valence-corrected chi connectivity index (χ4v) is 2.80. The molecule has 2 aromatic carbocycles. The molecular weight excluding hydrogens is 284 g/mol. The van der Waals surface area contributed by atoms with E-state index in [0.717, 1.165) is 26.6 Å². The molecular formula is C15H14N4OS. The molecule has 106 valence electrons. The summed E-state index contributed by atoms with van der Waals surface area (Å²) in [5.41, 5.74) is 7.93. The summed E-state index contributed by atoms with van der Waals surface area (Å²) in [6.07, 6.45) is 0. The fourth-order valence-electron chi connectivity index (χ4n) is 1.93. The molecule has 0 bridgehead atoms. The van der Waals surface area contributed by atoms with Crippen LogP contribution in [0.5, 0.6) is 0 Å². The van der Waals surface area contributed by atoms with E-state index in [4.69, 9.17) is 0 Å². The molecule has 1 heterocycles. The van der Waals surface area contributed by atoms with Gasteiger partial charge in [-0.05, 0) is 37.3 Å². The van der Waals surface area contributed by atoms with Crippen molar-refractivity contribution in [3.05, 3.63) is 53.5 Å². The average Bonchev–Trinajstić information content (AvgIpc) is 2.85. The molecule has 5 nitrogen and oxygen atoms in total. The van der Waals surface area contributed by atoms with E-state index < -0.39 is 0 Å². The van der Waals surface area contributed by atoms with Crippen LogP contribution in [0, 0.1) is 6.92 Å². The van der Waals surface area contributed by atoms with Crippen molar-refractivity contribution in [3.63, 3.8) is 0 Å². The Kier molecular flexibility index (Phi) is 3.70. The normalized spacial score (nSPS) is 10.3. The van der Waals surface area contributed by atoms with Crippen molar-refractivity contribution in [3.8, 4) is 0 Å². The summed E-state index contributed by atoms with van der Waals surface area (Å²) in [5.74, 6) is 0. The van der Waals surface area contributed by atoms with Crippen molar-refractivity contribution in [1.82, 2.24) is 10.4 Å². The van der Waals surface area contributed by atoms with Crippen molar-refractivity contribution >= 4 is 39.0 Å². The first kappa shape index (κ1) is 13.4. The van der Waals surface area contributed by atoms with Gasteiger partial charge in [-0.1, -0.05) is 18.2 Å². The second kappa shape index (κ2) is 5.80. The van der Waals surface area contributed by atoms with Gasteiger partial charge in [0.25, 0.3) is 0 Å². The van der Waals surface area contributed by atoms with Crippen LogP contribution in [-0.4, -0.2) is 11.0 Å². The lowest BCUT2D eigenvalue weighted by Crippen LogP contribution is -2.33. The Balaban J connectivity index is 1.63. The predicted molar refractivity (Wildman–Crippen MR) is 86.6 cm³/mol. The molecule has 0 aliphatic carbocycles. The molecule has 0 radical (unpaired) electrons. The number of hydrogen-bond acceptors (Lipinski definition) is 4. The third-order valence-electron chi connectivity index (χ3n) is 2.85. The highest BCUT2D eigenvalue weighted by Gasteiger charge is 2.04. The summed E-state index contributed by atoms with van der Waals surface area (Å²) in [4.78, 5) is 16.2. The number of fused-ring (bicyclic) bond motifs is 1. The molecule has 0 saturated heterocycles. The molecule has 6 heteroatoms. The zero-order chi connectivity index (χ0) is 14.7. The van der Waals surface area contributed by atoms with Crippen molar-refractivity contribution in [2.24, 2.45) is 0 Å². The van der Waals surface area contributed by atoms with Crippen LogP contribution in [-0.2, 0) is 0 Å². The summed E-state index contributed by atoms with van der Waals surface area (Å²) in [7, 11) is 0. The molecule has 3 N–H and O–H groups in total. The number of nitrogens with zero attached hydrogens (tertiary/aromatic N) is 1. The van der Waals surface area contributed by atoms with Crippen LogP contribution in [0.1, 0.15) is 5.01 Å². The summed E-state index contributed by atoms with van der Waals surface area (Å²) in [6, 6.07) is 14.8. The fraction of sp³-hybridized carbons (Fsp3) is 0.0667. The first-order valence-corrected chi connectivity index (χ1v) is 7.27.